The van der Waals surface area contributed by atoms with E-state index in [-0.39, 0.29) is 12.1 Å². The number of anilines is 1. The number of hydrogen-bond donors (Lipinski definition) is 1. The highest BCUT2D eigenvalue weighted by Crippen LogP contribution is 2.43. The molecule has 154 valence electrons. The summed E-state index contributed by atoms with van der Waals surface area (Å²) in [4.78, 5) is 6.64. The maximum Gasteiger partial charge on any atom is 0.174 e. The van der Waals surface area contributed by atoms with Gasteiger partial charge in [-0.3, -0.25) is 4.98 Å². The Labute approximate surface area is 199 Å². The second kappa shape index (κ2) is 8.46. The molecule has 2 atom stereocenters. The first-order chi connectivity index (χ1) is 15.1. The van der Waals surface area contributed by atoms with Crippen LogP contribution in [-0.2, 0) is 0 Å². The Hall–Kier alpha value is -2.67. The number of nitrogens with zero attached hydrogens (tertiary/aromatic N) is 2. The lowest BCUT2D eigenvalue weighted by atomic mass is 10.0. The largest absolute Gasteiger partial charge is 0.459 e. The van der Waals surface area contributed by atoms with Crippen LogP contribution in [0.5, 0.6) is 0 Å². The van der Waals surface area contributed by atoms with E-state index in [2.05, 4.69) is 31.1 Å². The molecule has 0 amide bonds. The molecule has 4 aromatic rings. The minimum absolute atomic E-state index is 0.159. The molecular formula is C24H17BrClN3OS. The number of hydrogen-bond acceptors (Lipinski definition) is 3. The van der Waals surface area contributed by atoms with Gasteiger partial charge >= 0.3 is 0 Å². The SMILES string of the molecule is S=C1N[C@@H](c2ccccn2)[C@H](c2ccc(-c3ccc(Br)cc3)o2)N1c1ccc(Cl)cc1. The zero-order valence-electron chi connectivity index (χ0n) is 16.2. The number of pyridine rings is 1. The number of rotatable bonds is 4. The van der Waals surface area contributed by atoms with Crippen LogP contribution in [0.3, 0.4) is 0 Å². The van der Waals surface area contributed by atoms with Crippen molar-refractivity contribution < 1.29 is 4.42 Å². The molecule has 1 aliphatic rings. The number of aromatic nitrogens is 1. The first kappa shape index (κ1) is 20.2. The van der Waals surface area contributed by atoms with Gasteiger partial charge in [0.15, 0.2) is 5.11 Å². The Morgan fingerprint density at radius 1 is 0.968 bits per heavy atom. The molecule has 0 radical (unpaired) electrons. The smallest absolute Gasteiger partial charge is 0.174 e. The Morgan fingerprint density at radius 2 is 1.74 bits per heavy atom. The third kappa shape index (κ3) is 3.99. The van der Waals surface area contributed by atoms with Crippen molar-refractivity contribution in [3.63, 3.8) is 0 Å². The van der Waals surface area contributed by atoms with Gasteiger partial charge in [0.1, 0.15) is 17.6 Å². The molecule has 7 heteroatoms. The van der Waals surface area contributed by atoms with Crippen LogP contribution in [0.2, 0.25) is 5.02 Å². The van der Waals surface area contributed by atoms with Gasteiger partial charge in [-0.2, -0.15) is 0 Å². The van der Waals surface area contributed by atoms with Crippen molar-refractivity contribution in [1.82, 2.24) is 10.3 Å². The summed E-state index contributed by atoms with van der Waals surface area (Å²) in [6.07, 6.45) is 1.79. The Bertz CT molecular complexity index is 1210. The van der Waals surface area contributed by atoms with Gasteiger partial charge < -0.3 is 14.6 Å². The third-order valence-electron chi connectivity index (χ3n) is 5.25. The summed E-state index contributed by atoms with van der Waals surface area (Å²) in [6, 6.07) is 25.2. The topological polar surface area (TPSA) is 41.3 Å². The molecule has 0 aliphatic carbocycles. The maximum absolute atomic E-state index is 6.36. The van der Waals surface area contributed by atoms with Crippen LogP contribution in [0, 0.1) is 0 Å². The molecular weight excluding hydrogens is 494 g/mol. The highest BCUT2D eigenvalue weighted by atomic mass is 79.9. The summed E-state index contributed by atoms with van der Waals surface area (Å²) < 4.78 is 7.38. The van der Waals surface area contributed by atoms with Crippen LogP contribution >= 0.6 is 39.7 Å². The first-order valence-electron chi connectivity index (χ1n) is 9.72. The molecule has 0 unspecified atom stereocenters. The second-order valence-electron chi connectivity index (χ2n) is 7.18. The molecule has 3 heterocycles. The predicted octanol–water partition coefficient (Wildman–Crippen LogP) is 6.93. The molecule has 0 bridgehead atoms. The number of furan rings is 1. The van der Waals surface area contributed by atoms with Gasteiger partial charge in [-0.15, -0.1) is 0 Å². The normalized spacial score (nSPS) is 18.3. The first-order valence-corrected chi connectivity index (χ1v) is 11.3. The van der Waals surface area contributed by atoms with Gasteiger partial charge in [0, 0.05) is 26.9 Å². The minimum atomic E-state index is -0.201. The quantitative estimate of drug-likeness (QED) is 0.301. The third-order valence-corrected chi connectivity index (χ3v) is 6.35. The van der Waals surface area contributed by atoms with Crippen molar-refractivity contribution in [2.45, 2.75) is 12.1 Å². The molecule has 2 aromatic heterocycles. The van der Waals surface area contributed by atoms with Gasteiger partial charge in [0.25, 0.3) is 0 Å². The van der Waals surface area contributed by atoms with E-state index in [1.54, 1.807) is 6.20 Å². The fourth-order valence-electron chi connectivity index (χ4n) is 3.80. The molecule has 31 heavy (non-hydrogen) atoms. The molecule has 0 saturated carbocycles. The van der Waals surface area contributed by atoms with Gasteiger partial charge in [0.2, 0.25) is 0 Å². The van der Waals surface area contributed by atoms with Gasteiger partial charge in [0.05, 0.1) is 11.7 Å². The Morgan fingerprint density at radius 3 is 2.45 bits per heavy atom. The van der Waals surface area contributed by atoms with Crippen molar-refractivity contribution >= 4 is 50.5 Å². The monoisotopic (exact) mass is 509 g/mol. The van der Waals surface area contributed by atoms with Crippen LogP contribution in [0.25, 0.3) is 11.3 Å². The van der Waals surface area contributed by atoms with Crippen LogP contribution in [0.4, 0.5) is 5.69 Å². The van der Waals surface area contributed by atoms with Crippen LogP contribution in [-0.4, -0.2) is 10.1 Å². The number of nitrogens with one attached hydrogen (secondary N) is 1. The van der Waals surface area contributed by atoms with Gasteiger partial charge in [-0.05, 0) is 72.9 Å². The van der Waals surface area contributed by atoms with Crippen LogP contribution < -0.4 is 10.2 Å². The van der Waals surface area contributed by atoms with Crippen molar-refractivity contribution in [3.8, 4) is 11.3 Å². The van der Waals surface area contributed by atoms with Crippen molar-refractivity contribution in [2.24, 2.45) is 0 Å². The summed E-state index contributed by atoms with van der Waals surface area (Å²) in [5.41, 5.74) is 2.84. The Balaban J connectivity index is 1.59. The molecule has 1 aliphatic heterocycles. The van der Waals surface area contributed by atoms with E-state index in [0.717, 1.165) is 32.9 Å². The fourth-order valence-corrected chi connectivity index (χ4v) is 4.54. The van der Waals surface area contributed by atoms with E-state index in [1.807, 2.05) is 78.9 Å². The molecule has 1 saturated heterocycles. The second-order valence-corrected chi connectivity index (χ2v) is 8.92. The summed E-state index contributed by atoms with van der Waals surface area (Å²) in [7, 11) is 0. The van der Waals surface area contributed by atoms with Crippen LogP contribution in [0.15, 0.2) is 93.9 Å². The lowest BCUT2D eigenvalue weighted by molar-refractivity contribution is 0.439. The zero-order valence-corrected chi connectivity index (χ0v) is 19.4. The average molecular weight is 511 g/mol. The number of halogens is 2. The molecule has 2 aromatic carbocycles. The van der Waals surface area contributed by atoms with E-state index in [9.17, 15) is 0 Å². The molecule has 1 N–H and O–H groups in total. The molecule has 1 fully saturated rings. The molecule has 0 spiro atoms. The van der Waals surface area contributed by atoms with E-state index in [4.69, 9.17) is 28.2 Å². The standard InChI is InChI=1S/C24H17BrClN3OS/c25-16-6-4-15(5-7-16)20-12-13-21(30-20)23-22(19-3-1-2-14-27-19)28-24(31)29(23)18-10-8-17(26)9-11-18/h1-14,22-23H,(H,28,31)/t22-,23-/m0/s1. The Kier molecular flexibility index (Phi) is 5.52. The van der Waals surface area contributed by atoms with Crippen molar-refractivity contribution in [3.05, 3.63) is 106 Å². The van der Waals surface area contributed by atoms with Crippen molar-refractivity contribution in [1.29, 1.82) is 0 Å². The lowest BCUT2D eigenvalue weighted by Gasteiger charge is -2.26. The van der Waals surface area contributed by atoms with E-state index >= 15 is 0 Å². The molecule has 5 rings (SSSR count). The summed E-state index contributed by atoms with van der Waals surface area (Å²) >= 11 is 15.3. The summed E-state index contributed by atoms with van der Waals surface area (Å²) in [5, 5.41) is 4.73. The zero-order chi connectivity index (χ0) is 21.4. The van der Waals surface area contributed by atoms with E-state index in [1.165, 1.54) is 0 Å². The predicted molar refractivity (Wildman–Crippen MR) is 131 cm³/mol. The molecule has 4 nitrogen and oxygen atoms in total. The minimum Gasteiger partial charge on any atom is -0.459 e. The summed E-state index contributed by atoms with van der Waals surface area (Å²) in [6.45, 7) is 0. The van der Waals surface area contributed by atoms with E-state index < -0.39 is 0 Å². The van der Waals surface area contributed by atoms with Crippen LogP contribution in [0.1, 0.15) is 23.5 Å². The number of thiocarbonyl (C=S) groups is 1. The lowest BCUT2D eigenvalue weighted by Crippen LogP contribution is -2.29. The maximum atomic E-state index is 6.36. The average Bonchev–Trinajstić information content (AvgIpc) is 3.40. The van der Waals surface area contributed by atoms with E-state index in [0.29, 0.717) is 10.1 Å². The highest BCUT2D eigenvalue weighted by molar-refractivity contribution is 9.10. The summed E-state index contributed by atoms with van der Waals surface area (Å²) in [5.74, 6) is 1.60. The number of benzene rings is 2. The van der Waals surface area contributed by atoms with Gasteiger partial charge in [-0.1, -0.05) is 45.7 Å². The van der Waals surface area contributed by atoms with Gasteiger partial charge in [-0.25, -0.2) is 0 Å². The highest BCUT2D eigenvalue weighted by Gasteiger charge is 2.42. The fraction of sp³-hybridized carbons (Fsp3) is 0.0833. The van der Waals surface area contributed by atoms with Crippen molar-refractivity contribution in [2.75, 3.05) is 4.90 Å².